The number of aromatic nitrogens is 1. The Morgan fingerprint density at radius 1 is 1.23 bits per heavy atom. The molecule has 4 N–H and O–H groups in total. The molecule has 0 aliphatic rings. The Morgan fingerprint density at radius 3 is 2.42 bits per heavy atom. The van der Waals surface area contributed by atoms with Gasteiger partial charge >= 0.3 is 6.18 Å². The Kier molecular flexibility index (Phi) is 7.45. The van der Waals surface area contributed by atoms with Crippen molar-refractivity contribution in [3.8, 4) is 0 Å². The molecule has 11 heteroatoms. The van der Waals surface area contributed by atoms with Crippen molar-refractivity contribution in [1.29, 1.82) is 0 Å². The number of nitrogens with two attached hydrogens (primary N) is 1. The fourth-order valence-corrected chi connectivity index (χ4v) is 3.61. The molecule has 1 aromatic heterocycles. The zero-order chi connectivity index (χ0) is 23.4. The van der Waals surface area contributed by atoms with E-state index in [1.54, 1.807) is 26.0 Å². The van der Waals surface area contributed by atoms with E-state index in [1.807, 2.05) is 0 Å². The van der Waals surface area contributed by atoms with Crippen molar-refractivity contribution in [2.24, 2.45) is 0 Å². The standard InChI is InChI=1S/C20H22F3N3O4S/c1-12(2)9-17-13(7-8-18(26-17)20(21,22)23)10-25-19(27)15(11-31(28,29)30)14-5-3-4-6-16(14)24/h3-9,15H,10-11,24H2,1-2H3,(H,25,27)(H,28,29,30). The first-order chi connectivity index (χ1) is 14.3. The van der Waals surface area contributed by atoms with Crippen LogP contribution in [-0.4, -0.2) is 29.6 Å². The van der Waals surface area contributed by atoms with Gasteiger partial charge in [0.2, 0.25) is 5.91 Å². The van der Waals surface area contributed by atoms with Crippen molar-refractivity contribution in [3.63, 3.8) is 0 Å². The topological polar surface area (TPSA) is 122 Å². The van der Waals surface area contributed by atoms with Gasteiger partial charge in [0.25, 0.3) is 10.1 Å². The summed E-state index contributed by atoms with van der Waals surface area (Å²) in [4.78, 5) is 16.4. The van der Waals surface area contributed by atoms with E-state index >= 15 is 0 Å². The largest absolute Gasteiger partial charge is 0.433 e. The fourth-order valence-electron chi connectivity index (χ4n) is 2.86. The Morgan fingerprint density at radius 2 is 1.87 bits per heavy atom. The molecular weight excluding hydrogens is 435 g/mol. The lowest BCUT2D eigenvalue weighted by molar-refractivity contribution is -0.141. The molecule has 1 heterocycles. The zero-order valence-electron chi connectivity index (χ0n) is 16.8. The number of anilines is 1. The minimum Gasteiger partial charge on any atom is -0.398 e. The van der Waals surface area contributed by atoms with E-state index in [1.165, 1.54) is 24.3 Å². The first-order valence-electron chi connectivity index (χ1n) is 9.07. The summed E-state index contributed by atoms with van der Waals surface area (Å²) < 4.78 is 71.1. The van der Waals surface area contributed by atoms with Crippen LogP contribution in [0.25, 0.3) is 6.08 Å². The second-order valence-corrected chi connectivity index (χ2v) is 8.61. The molecule has 0 aliphatic heterocycles. The lowest BCUT2D eigenvalue weighted by Crippen LogP contribution is -2.33. The monoisotopic (exact) mass is 457 g/mol. The van der Waals surface area contributed by atoms with Crippen LogP contribution in [0, 0.1) is 0 Å². The van der Waals surface area contributed by atoms with E-state index in [-0.39, 0.29) is 23.5 Å². The van der Waals surface area contributed by atoms with E-state index in [0.717, 1.165) is 6.07 Å². The smallest absolute Gasteiger partial charge is 0.398 e. The van der Waals surface area contributed by atoms with Crippen LogP contribution in [0.2, 0.25) is 0 Å². The van der Waals surface area contributed by atoms with Crippen LogP contribution >= 0.6 is 0 Å². The summed E-state index contributed by atoms with van der Waals surface area (Å²) >= 11 is 0. The molecule has 0 saturated carbocycles. The van der Waals surface area contributed by atoms with Crippen molar-refractivity contribution in [2.75, 3.05) is 11.5 Å². The Hall–Kier alpha value is -2.92. The Labute approximate surface area is 177 Å². The van der Waals surface area contributed by atoms with Gasteiger partial charge in [-0.1, -0.05) is 29.8 Å². The van der Waals surface area contributed by atoms with Crippen LogP contribution in [-0.2, 0) is 27.6 Å². The third-order valence-electron chi connectivity index (χ3n) is 4.25. The molecule has 1 aromatic carbocycles. The van der Waals surface area contributed by atoms with Gasteiger partial charge in [-0.05, 0) is 43.2 Å². The molecule has 1 amide bonds. The number of allylic oxidation sites excluding steroid dienone is 1. The summed E-state index contributed by atoms with van der Waals surface area (Å²) in [5, 5.41) is 2.50. The molecule has 0 saturated heterocycles. The highest BCUT2D eigenvalue weighted by molar-refractivity contribution is 7.85. The minimum atomic E-state index is -4.63. The molecule has 0 radical (unpaired) electrons. The summed E-state index contributed by atoms with van der Waals surface area (Å²) in [7, 11) is -4.53. The van der Waals surface area contributed by atoms with Crippen molar-refractivity contribution < 1.29 is 30.9 Å². The molecule has 31 heavy (non-hydrogen) atoms. The minimum absolute atomic E-state index is 0.0284. The van der Waals surface area contributed by atoms with E-state index in [2.05, 4.69) is 10.3 Å². The quantitative estimate of drug-likeness (QED) is 0.433. The molecule has 0 aliphatic carbocycles. The summed E-state index contributed by atoms with van der Waals surface area (Å²) in [6, 6.07) is 8.09. The van der Waals surface area contributed by atoms with Crippen molar-refractivity contribution in [1.82, 2.24) is 10.3 Å². The van der Waals surface area contributed by atoms with Gasteiger partial charge in [-0.15, -0.1) is 0 Å². The van der Waals surface area contributed by atoms with Crippen LogP contribution in [0.4, 0.5) is 18.9 Å². The first kappa shape index (κ1) is 24.4. The van der Waals surface area contributed by atoms with Crippen molar-refractivity contribution >= 4 is 27.8 Å². The summed E-state index contributed by atoms with van der Waals surface area (Å²) in [5.41, 5.74) is 6.15. The zero-order valence-corrected chi connectivity index (χ0v) is 17.6. The van der Waals surface area contributed by atoms with Gasteiger partial charge in [-0.3, -0.25) is 9.35 Å². The molecule has 7 nitrogen and oxygen atoms in total. The van der Waals surface area contributed by atoms with Gasteiger partial charge in [0, 0.05) is 12.2 Å². The molecule has 1 atom stereocenters. The Bertz CT molecular complexity index is 1100. The number of nitrogen functional groups attached to an aromatic ring is 1. The van der Waals surface area contributed by atoms with E-state index < -0.39 is 39.6 Å². The molecule has 2 rings (SSSR count). The number of amides is 1. The molecular formula is C20H22F3N3O4S. The normalized spacial score (nSPS) is 12.8. The number of carbonyl (C=O) groups is 1. The second-order valence-electron chi connectivity index (χ2n) is 7.11. The fraction of sp³-hybridized carbons (Fsp3) is 0.300. The predicted molar refractivity (Wildman–Crippen MR) is 110 cm³/mol. The van der Waals surface area contributed by atoms with E-state index in [0.29, 0.717) is 11.1 Å². The number of rotatable bonds is 7. The average Bonchev–Trinajstić information content (AvgIpc) is 2.63. The lowest BCUT2D eigenvalue weighted by atomic mass is 9.98. The number of pyridine rings is 1. The average molecular weight is 457 g/mol. The van der Waals surface area contributed by atoms with Gasteiger partial charge in [0.05, 0.1) is 17.4 Å². The highest BCUT2D eigenvalue weighted by Crippen LogP contribution is 2.29. The SMILES string of the molecule is CC(C)=Cc1nc(C(F)(F)F)ccc1CNC(=O)C(CS(=O)(=O)O)c1ccccc1N. The Balaban J connectivity index is 2.33. The number of nitrogens with one attached hydrogen (secondary N) is 1. The second kappa shape index (κ2) is 9.48. The first-order valence-corrected chi connectivity index (χ1v) is 10.7. The number of halogens is 3. The number of hydrogen-bond donors (Lipinski definition) is 3. The number of nitrogens with zero attached hydrogens (tertiary/aromatic N) is 1. The van der Waals surface area contributed by atoms with Gasteiger partial charge in [-0.25, -0.2) is 4.98 Å². The van der Waals surface area contributed by atoms with Gasteiger partial charge in [0.15, 0.2) is 0 Å². The highest BCUT2D eigenvalue weighted by Gasteiger charge is 2.33. The van der Waals surface area contributed by atoms with Gasteiger partial charge < -0.3 is 11.1 Å². The lowest BCUT2D eigenvalue weighted by Gasteiger charge is -2.18. The van der Waals surface area contributed by atoms with Crippen molar-refractivity contribution in [2.45, 2.75) is 32.5 Å². The number of hydrogen-bond acceptors (Lipinski definition) is 5. The third-order valence-corrected chi connectivity index (χ3v) is 5.00. The van der Waals surface area contributed by atoms with Crippen LogP contribution in [0.1, 0.15) is 42.3 Å². The van der Waals surface area contributed by atoms with Crippen LogP contribution in [0.15, 0.2) is 42.0 Å². The number of benzene rings is 1. The maximum Gasteiger partial charge on any atom is 0.433 e. The highest BCUT2D eigenvalue weighted by atomic mass is 32.2. The third kappa shape index (κ3) is 7.07. The maximum atomic E-state index is 13.0. The molecule has 2 aromatic rings. The number of carbonyl (C=O) groups excluding carboxylic acids is 1. The van der Waals surface area contributed by atoms with Crippen LogP contribution in [0.5, 0.6) is 0 Å². The molecule has 0 bridgehead atoms. The van der Waals surface area contributed by atoms with Gasteiger partial charge in [0.1, 0.15) is 5.69 Å². The molecule has 0 spiro atoms. The molecule has 1 unspecified atom stereocenters. The van der Waals surface area contributed by atoms with Crippen LogP contribution < -0.4 is 11.1 Å². The predicted octanol–water partition coefficient (Wildman–Crippen LogP) is 3.39. The van der Waals surface area contributed by atoms with Gasteiger partial charge in [-0.2, -0.15) is 21.6 Å². The number of para-hydroxylation sites is 1. The maximum absolute atomic E-state index is 13.0. The van der Waals surface area contributed by atoms with Crippen molar-refractivity contribution in [3.05, 3.63) is 64.5 Å². The molecule has 0 fully saturated rings. The summed E-state index contributed by atoms with van der Waals surface area (Å²) in [6.45, 7) is 3.16. The van der Waals surface area contributed by atoms with Crippen LogP contribution in [0.3, 0.4) is 0 Å². The molecule has 168 valence electrons. The van der Waals surface area contributed by atoms with E-state index in [9.17, 15) is 30.9 Å². The van der Waals surface area contributed by atoms with E-state index in [4.69, 9.17) is 5.73 Å². The summed E-state index contributed by atoms with van der Waals surface area (Å²) in [5.74, 6) is -2.98. The summed E-state index contributed by atoms with van der Waals surface area (Å²) in [6.07, 6.45) is -3.18. The number of alkyl halides is 3.